The third-order valence-electron chi connectivity index (χ3n) is 5.42. The van der Waals surface area contributed by atoms with Crippen LogP contribution in [0, 0.1) is 5.92 Å². The van der Waals surface area contributed by atoms with Crippen LogP contribution >= 0.6 is 23.7 Å². The normalized spacial score (nSPS) is 26.7. The van der Waals surface area contributed by atoms with E-state index in [0.29, 0.717) is 12.0 Å². The molecule has 1 saturated carbocycles. The molecular formula is C19H25ClN2O2S. The van der Waals surface area contributed by atoms with Gasteiger partial charge in [-0.25, -0.2) is 0 Å². The van der Waals surface area contributed by atoms with Gasteiger partial charge in [0.15, 0.2) is 0 Å². The van der Waals surface area contributed by atoms with E-state index in [4.69, 9.17) is 0 Å². The van der Waals surface area contributed by atoms with Gasteiger partial charge in [0.2, 0.25) is 5.91 Å². The van der Waals surface area contributed by atoms with E-state index in [0.717, 1.165) is 16.7 Å². The van der Waals surface area contributed by atoms with E-state index in [-0.39, 0.29) is 30.9 Å². The molecule has 1 saturated heterocycles. The zero-order valence-electron chi connectivity index (χ0n) is 14.1. The molecule has 0 spiro atoms. The summed E-state index contributed by atoms with van der Waals surface area (Å²) < 4.78 is 1.17. The lowest BCUT2D eigenvalue weighted by Gasteiger charge is -2.24. The first kappa shape index (κ1) is 18.6. The van der Waals surface area contributed by atoms with E-state index < -0.39 is 6.10 Å². The minimum absolute atomic E-state index is 0. The fourth-order valence-electron chi connectivity index (χ4n) is 4.11. The Morgan fingerprint density at radius 2 is 2.12 bits per heavy atom. The zero-order valence-corrected chi connectivity index (χ0v) is 15.7. The highest BCUT2D eigenvalue weighted by atomic mass is 35.5. The van der Waals surface area contributed by atoms with Crippen molar-refractivity contribution < 1.29 is 9.90 Å². The fourth-order valence-corrected chi connectivity index (χ4v) is 5.16. The summed E-state index contributed by atoms with van der Waals surface area (Å²) >= 11 is 1.59. The highest BCUT2D eigenvalue weighted by Crippen LogP contribution is 2.33. The number of carbonyl (C=O) groups is 1. The van der Waals surface area contributed by atoms with Gasteiger partial charge in [-0.15, -0.1) is 23.7 Å². The van der Waals surface area contributed by atoms with Crippen LogP contribution in [-0.4, -0.2) is 29.6 Å². The number of thiophene rings is 1. The number of benzene rings is 1. The van der Waals surface area contributed by atoms with Gasteiger partial charge >= 0.3 is 0 Å². The average molecular weight is 381 g/mol. The summed E-state index contributed by atoms with van der Waals surface area (Å²) in [7, 11) is 0. The van der Waals surface area contributed by atoms with E-state index >= 15 is 0 Å². The molecule has 2 heterocycles. The molecular weight excluding hydrogens is 356 g/mol. The molecule has 4 rings (SSSR count). The molecule has 1 aromatic heterocycles. The van der Waals surface area contributed by atoms with E-state index in [2.05, 4.69) is 16.7 Å². The third kappa shape index (κ3) is 4.00. The standard InChI is InChI=1S/C19H24N2O2S.ClH/c22-16(18-10-13-6-2-4-8-17(13)24-18)11-20-19(23)15-9-12-5-1-3-7-14(12)21-15;/h2,4,6,8,10,12,14-16,21-22H,1,3,5,7,9,11H2,(H,20,23);1H. The summed E-state index contributed by atoms with van der Waals surface area (Å²) in [6.45, 7) is 0.277. The molecule has 1 amide bonds. The molecule has 4 atom stereocenters. The minimum atomic E-state index is -0.643. The van der Waals surface area contributed by atoms with Crippen molar-refractivity contribution >= 4 is 39.7 Å². The van der Waals surface area contributed by atoms with Crippen molar-refractivity contribution in [1.29, 1.82) is 0 Å². The lowest BCUT2D eigenvalue weighted by atomic mass is 9.85. The first-order valence-electron chi connectivity index (χ1n) is 8.91. The van der Waals surface area contributed by atoms with Crippen molar-refractivity contribution in [3.8, 4) is 0 Å². The molecule has 4 nitrogen and oxygen atoms in total. The number of hydrogen-bond acceptors (Lipinski definition) is 4. The van der Waals surface area contributed by atoms with E-state index in [1.54, 1.807) is 11.3 Å². The Bertz CT molecular complexity index is 688. The van der Waals surface area contributed by atoms with Crippen molar-refractivity contribution in [3.05, 3.63) is 35.2 Å². The van der Waals surface area contributed by atoms with Gasteiger partial charge in [0.25, 0.3) is 0 Å². The van der Waals surface area contributed by atoms with Crippen LogP contribution in [0.25, 0.3) is 10.1 Å². The molecule has 4 unspecified atom stereocenters. The van der Waals surface area contributed by atoms with Gasteiger partial charge in [-0.2, -0.15) is 0 Å². The van der Waals surface area contributed by atoms with E-state index in [1.807, 2.05) is 24.3 Å². The van der Waals surface area contributed by atoms with Crippen LogP contribution in [0.3, 0.4) is 0 Å². The van der Waals surface area contributed by atoms with Crippen LogP contribution < -0.4 is 10.6 Å². The van der Waals surface area contributed by atoms with Crippen LogP contribution in [0.1, 0.15) is 43.1 Å². The lowest BCUT2D eigenvalue weighted by Crippen LogP contribution is -2.44. The van der Waals surface area contributed by atoms with Crippen molar-refractivity contribution in [1.82, 2.24) is 10.6 Å². The Labute approximate surface area is 158 Å². The molecule has 136 valence electrons. The maximum absolute atomic E-state index is 12.4. The van der Waals surface area contributed by atoms with Crippen molar-refractivity contribution in [2.75, 3.05) is 6.54 Å². The summed E-state index contributed by atoms with van der Waals surface area (Å²) in [5.74, 6) is 0.687. The molecule has 0 radical (unpaired) electrons. The number of rotatable bonds is 4. The maximum Gasteiger partial charge on any atom is 0.237 e. The van der Waals surface area contributed by atoms with Gasteiger partial charge in [-0.1, -0.05) is 31.0 Å². The van der Waals surface area contributed by atoms with Crippen LogP contribution in [0.4, 0.5) is 0 Å². The minimum Gasteiger partial charge on any atom is -0.386 e. The van der Waals surface area contributed by atoms with Crippen LogP contribution in [0.2, 0.25) is 0 Å². The predicted octanol–water partition coefficient (Wildman–Crippen LogP) is 3.39. The molecule has 2 aliphatic rings. The second-order valence-electron chi connectivity index (χ2n) is 7.05. The molecule has 25 heavy (non-hydrogen) atoms. The molecule has 1 aliphatic carbocycles. The van der Waals surface area contributed by atoms with Crippen LogP contribution in [0.15, 0.2) is 30.3 Å². The summed E-state index contributed by atoms with van der Waals surface area (Å²) in [4.78, 5) is 13.3. The molecule has 6 heteroatoms. The fraction of sp³-hybridized carbons (Fsp3) is 0.526. The van der Waals surface area contributed by atoms with Crippen molar-refractivity contribution in [3.63, 3.8) is 0 Å². The Morgan fingerprint density at radius 1 is 1.32 bits per heavy atom. The lowest BCUT2D eigenvalue weighted by molar-refractivity contribution is -0.123. The van der Waals surface area contributed by atoms with Gasteiger partial charge in [0.1, 0.15) is 6.10 Å². The molecule has 3 N–H and O–H groups in total. The Hall–Kier alpha value is -1.14. The van der Waals surface area contributed by atoms with Crippen LogP contribution in [-0.2, 0) is 4.79 Å². The third-order valence-corrected chi connectivity index (χ3v) is 6.64. The predicted molar refractivity (Wildman–Crippen MR) is 104 cm³/mol. The van der Waals surface area contributed by atoms with E-state index in [1.165, 1.54) is 30.4 Å². The topological polar surface area (TPSA) is 61.4 Å². The first-order valence-corrected chi connectivity index (χ1v) is 9.72. The summed E-state index contributed by atoms with van der Waals surface area (Å²) in [6.07, 6.45) is 5.30. The molecule has 1 aliphatic heterocycles. The highest BCUT2D eigenvalue weighted by Gasteiger charge is 2.38. The monoisotopic (exact) mass is 380 g/mol. The number of nitrogens with one attached hydrogen (secondary N) is 2. The molecule has 2 aromatic rings. The van der Waals surface area contributed by atoms with Crippen molar-refractivity contribution in [2.24, 2.45) is 5.92 Å². The second-order valence-corrected chi connectivity index (χ2v) is 8.17. The molecule has 0 bridgehead atoms. The number of carbonyl (C=O) groups excluding carboxylic acids is 1. The Balaban J connectivity index is 0.00000182. The molecule has 2 fully saturated rings. The zero-order chi connectivity index (χ0) is 16.5. The smallest absolute Gasteiger partial charge is 0.237 e. The number of halogens is 1. The summed E-state index contributed by atoms with van der Waals surface area (Å²) in [5.41, 5.74) is 0. The Morgan fingerprint density at radius 3 is 2.92 bits per heavy atom. The maximum atomic E-state index is 12.4. The van der Waals surface area contributed by atoms with Gasteiger partial charge in [0, 0.05) is 22.2 Å². The van der Waals surface area contributed by atoms with E-state index in [9.17, 15) is 9.90 Å². The number of fused-ring (bicyclic) bond motifs is 2. The van der Waals surface area contributed by atoms with Gasteiger partial charge < -0.3 is 15.7 Å². The number of hydrogen-bond donors (Lipinski definition) is 3. The average Bonchev–Trinajstić information content (AvgIpc) is 3.23. The quantitative estimate of drug-likeness (QED) is 0.761. The Kier molecular flexibility index (Phi) is 6.00. The number of aliphatic hydroxyl groups excluding tert-OH is 1. The largest absolute Gasteiger partial charge is 0.386 e. The molecule has 1 aromatic carbocycles. The van der Waals surface area contributed by atoms with Gasteiger partial charge in [-0.05, 0) is 42.7 Å². The SMILES string of the molecule is Cl.O=C(NCC(O)c1cc2ccccc2s1)C1CC2CCCCC2N1. The van der Waals surface area contributed by atoms with Gasteiger partial charge in [-0.3, -0.25) is 4.79 Å². The van der Waals surface area contributed by atoms with Gasteiger partial charge in [0.05, 0.1) is 6.04 Å². The second kappa shape index (κ2) is 8.04. The number of aliphatic hydroxyl groups is 1. The first-order chi connectivity index (χ1) is 11.7. The number of amides is 1. The van der Waals surface area contributed by atoms with Crippen LogP contribution in [0.5, 0.6) is 0 Å². The summed E-state index contributed by atoms with van der Waals surface area (Å²) in [6, 6.07) is 10.5. The highest BCUT2D eigenvalue weighted by molar-refractivity contribution is 7.19. The van der Waals surface area contributed by atoms with Crippen molar-refractivity contribution in [2.45, 2.75) is 50.3 Å². The summed E-state index contributed by atoms with van der Waals surface area (Å²) in [5, 5.41) is 18.0.